The van der Waals surface area contributed by atoms with Crippen molar-refractivity contribution in [3.63, 3.8) is 0 Å². The van der Waals surface area contributed by atoms with Gasteiger partial charge in [0.1, 0.15) is 5.82 Å². The number of carbonyl (C=O) groups is 1. The zero-order chi connectivity index (χ0) is 14.0. The summed E-state index contributed by atoms with van der Waals surface area (Å²) >= 11 is 0. The molecule has 1 aliphatic rings. The lowest BCUT2D eigenvalue weighted by molar-refractivity contribution is -0.140. The number of likely N-dealkylation sites (N-methyl/N-ethyl adjacent to an activating group) is 1. The number of amides is 1. The minimum atomic E-state index is -0.405. The zero-order valence-corrected chi connectivity index (χ0v) is 11.9. The van der Waals surface area contributed by atoms with Crippen molar-refractivity contribution in [2.45, 2.75) is 38.5 Å². The summed E-state index contributed by atoms with van der Waals surface area (Å²) in [5.74, 6) is 0.388. The normalized spacial score (nSPS) is 17.1. The van der Waals surface area contributed by atoms with Crippen molar-refractivity contribution < 1.29 is 9.18 Å². The third-order valence-corrected chi connectivity index (χ3v) is 4.00. The highest BCUT2D eigenvalue weighted by atomic mass is 19.1. The maximum atomic E-state index is 13.0. The molecule has 1 amide bonds. The molecule has 0 aromatic heterocycles. The summed E-state index contributed by atoms with van der Waals surface area (Å²) in [6.07, 6.45) is 2.82. The Balaban J connectivity index is 2.22. The van der Waals surface area contributed by atoms with Crippen molar-refractivity contribution in [2.75, 3.05) is 13.6 Å². The van der Waals surface area contributed by atoms with E-state index in [0.717, 1.165) is 31.4 Å². The number of hydrogen-bond acceptors (Lipinski definition) is 1. The van der Waals surface area contributed by atoms with E-state index in [1.54, 1.807) is 12.1 Å². The first-order valence-corrected chi connectivity index (χ1v) is 6.97. The highest BCUT2D eigenvalue weighted by Crippen LogP contribution is 2.45. The third kappa shape index (κ3) is 2.65. The molecule has 2 rings (SSSR count). The van der Waals surface area contributed by atoms with Crippen molar-refractivity contribution in [3.05, 3.63) is 35.6 Å². The van der Waals surface area contributed by atoms with Gasteiger partial charge in [0.05, 0.1) is 5.41 Å². The van der Waals surface area contributed by atoms with Gasteiger partial charge >= 0.3 is 0 Å². The predicted molar refractivity (Wildman–Crippen MR) is 74.4 cm³/mol. The smallest absolute Gasteiger partial charge is 0.232 e. The summed E-state index contributed by atoms with van der Waals surface area (Å²) in [5.41, 5.74) is 0.554. The molecule has 0 radical (unpaired) electrons. The SMILES string of the molecule is CC(C)CN(C)C(=O)C1(c2ccc(F)cc2)CCC1. The largest absolute Gasteiger partial charge is 0.345 e. The molecule has 0 heterocycles. The summed E-state index contributed by atoms with van der Waals surface area (Å²) in [4.78, 5) is 14.5. The number of rotatable bonds is 4. The minimum absolute atomic E-state index is 0.180. The Morgan fingerprint density at radius 2 is 1.89 bits per heavy atom. The van der Waals surface area contributed by atoms with Crippen LogP contribution in [-0.2, 0) is 10.2 Å². The van der Waals surface area contributed by atoms with Crippen LogP contribution in [0.1, 0.15) is 38.7 Å². The van der Waals surface area contributed by atoms with Crippen LogP contribution < -0.4 is 0 Å². The number of halogens is 1. The fraction of sp³-hybridized carbons (Fsp3) is 0.562. The van der Waals surface area contributed by atoms with Gasteiger partial charge in [-0.05, 0) is 36.5 Å². The van der Waals surface area contributed by atoms with Gasteiger partial charge < -0.3 is 4.90 Å². The zero-order valence-electron chi connectivity index (χ0n) is 11.9. The van der Waals surface area contributed by atoms with Crippen LogP contribution in [0.2, 0.25) is 0 Å². The van der Waals surface area contributed by atoms with Crippen LogP contribution in [0.4, 0.5) is 4.39 Å². The molecule has 0 aliphatic heterocycles. The van der Waals surface area contributed by atoms with E-state index in [9.17, 15) is 9.18 Å². The van der Waals surface area contributed by atoms with E-state index in [2.05, 4.69) is 13.8 Å². The van der Waals surface area contributed by atoms with Gasteiger partial charge in [-0.25, -0.2) is 4.39 Å². The molecule has 1 saturated carbocycles. The van der Waals surface area contributed by atoms with Gasteiger partial charge in [0.15, 0.2) is 0 Å². The molecule has 19 heavy (non-hydrogen) atoms. The van der Waals surface area contributed by atoms with E-state index < -0.39 is 5.41 Å². The molecule has 0 saturated heterocycles. The van der Waals surface area contributed by atoms with Crippen molar-refractivity contribution in [3.8, 4) is 0 Å². The van der Waals surface area contributed by atoms with Crippen molar-refractivity contribution >= 4 is 5.91 Å². The molecule has 104 valence electrons. The number of nitrogens with zero attached hydrogens (tertiary/aromatic N) is 1. The molecular formula is C16H22FNO. The van der Waals surface area contributed by atoms with E-state index in [1.807, 2.05) is 11.9 Å². The molecule has 0 spiro atoms. The maximum absolute atomic E-state index is 13.0. The Morgan fingerprint density at radius 3 is 2.32 bits per heavy atom. The summed E-state index contributed by atoms with van der Waals surface area (Å²) < 4.78 is 13.0. The highest BCUT2D eigenvalue weighted by Gasteiger charge is 2.46. The van der Waals surface area contributed by atoms with E-state index in [4.69, 9.17) is 0 Å². The Kier molecular flexibility index (Phi) is 3.93. The molecule has 2 nitrogen and oxygen atoms in total. The standard InChI is InChI=1S/C16H22FNO/c1-12(2)11-18(3)15(19)16(9-4-10-16)13-5-7-14(17)8-6-13/h5-8,12H,4,9-11H2,1-3H3. The molecule has 0 atom stereocenters. The van der Waals surface area contributed by atoms with Crippen LogP contribution in [0.3, 0.4) is 0 Å². The van der Waals surface area contributed by atoms with Crippen LogP contribution in [0.5, 0.6) is 0 Å². The molecule has 1 aromatic carbocycles. The third-order valence-electron chi connectivity index (χ3n) is 4.00. The average molecular weight is 263 g/mol. The predicted octanol–water partition coefficient (Wildman–Crippen LogP) is 3.36. The van der Waals surface area contributed by atoms with Gasteiger partial charge in [0.25, 0.3) is 0 Å². The summed E-state index contributed by atoms with van der Waals surface area (Å²) in [5, 5.41) is 0. The summed E-state index contributed by atoms with van der Waals surface area (Å²) in [7, 11) is 1.87. The second-order valence-electron chi connectivity index (χ2n) is 6.02. The molecular weight excluding hydrogens is 241 g/mol. The quantitative estimate of drug-likeness (QED) is 0.815. The average Bonchev–Trinajstić information content (AvgIpc) is 2.29. The summed E-state index contributed by atoms with van der Waals surface area (Å²) in [6, 6.07) is 6.42. The maximum Gasteiger partial charge on any atom is 0.232 e. The van der Waals surface area contributed by atoms with Crippen LogP contribution >= 0.6 is 0 Å². The Hall–Kier alpha value is -1.38. The molecule has 0 bridgehead atoms. The molecule has 0 unspecified atom stereocenters. The van der Waals surface area contributed by atoms with Gasteiger partial charge in [0.2, 0.25) is 5.91 Å². The van der Waals surface area contributed by atoms with Crippen molar-refractivity contribution in [2.24, 2.45) is 5.92 Å². The highest BCUT2D eigenvalue weighted by molar-refractivity contribution is 5.89. The van der Waals surface area contributed by atoms with Crippen LogP contribution in [0, 0.1) is 11.7 Å². The van der Waals surface area contributed by atoms with Crippen molar-refractivity contribution in [1.82, 2.24) is 4.90 Å². The fourth-order valence-electron chi connectivity index (χ4n) is 2.92. The molecule has 3 heteroatoms. The van der Waals surface area contributed by atoms with Gasteiger partial charge in [-0.1, -0.05) is 32.4 Å². The van der Waals surface area contributed by atoms with Crippen LogP contribution in [-0.4, -0.2) is 24.4 Å². The van der Waals surface area contributed by atoms with Gasteiger partial charge in [-0.15, -0.1) is 0 Å². The van der Waals surface area contributed by atoms with E-state index in [-0.39, 0.29) is 11.7 Å². The van der Waals surface area contributed by atoms with E-state index in [1.165, 1.54) is 12.1 Å². The van der Waals surface area contributed by atoms with E-state index >= 15 is 0 Å². The second kappa shape index (κ2) is 5.32. The lowest BCUT2D eigenvalue weighted by Crippen LogP contribution is -2.50. The van der Waals surface area contributed by atoms with Crippen LogP contribution in [0.25, 0.3) is 0 Å². The van der Waals surface area contributed by atoms with Gasteiger partial charge in [-0.3, -0.25) is 4.79 Å². The minimum Gasteiger partial charge on any atom is -0.345 e. The molecule has 0 N–H and O–H groups in total. The Morgan fingerprint density at radius 1 is 1.32 bits per heavy atom. The van der Waals surface area contributed by atoms with Crippen molar-refractivity contribution in [1.29, 1.82) is 0 Å². The first kappa shape index (κ1) is 14.0. The fourth-order valence-corrected chi connectivity index (χ4v) is 2.92. The first-order valence-electron chi connectivity index (χ1n) is 6.97. The first-order chi connectivity index (χ1) is 8.95. The molecule has 1 aliphatic carbocycles. The van der Waals surface area contributed by atoms with Crippen LogP contribution in [0.15, 0.2) is 24.3 Å². The number of benzene rings is 1. The molecule has 1 fully saturated rings. The Labute approximate surface area is 114 Å². The monoisotopic (exact) mass is 263 g/mol. The lowest BCUT2D eigenvalue weighted by atomic mass is 9.63. The number of carbonyl (C=O) groups excluding carboxylic acids is 1. The summed E-state index contributed by atoms with van der Waals surface area (Å²) in [6.45, 7) is 4.98. The Bertz CT molecular complexity index is 448. The van der Waals surface area contributed by atoms with Gasteiger partial charge in [-0.2, -0.15) is 0 Å². The lowest BCUT2D eigenvalue weighted by Gasteiger charge is -2.43. The van der Waals surface area contributed by atoms with Gasteiger partial charge in [0, 0.05) is 13.6 Å². The topological polar surface area (TPSA) is 20.3 Å². The molecule has 1 aromatic rings. The number of hydrogen-bond donors (Lipinski definition) is 0. The second-order valence-corrected chi connectivity index (χ2v) is 6.02. The van der Waals surface area contributed by atoms with E-state index in [0.29, 0.717) is 5.92 Å².